The van der Waals surface area contributed by atoms with E-state index in [4.69, 9.17) is 22.7 Å². The molecule has 1 fully saturated rings. The van der Waals surface area contributed by atoms with E-state index in [1.807, 2.05) is 0 Å². The lowest BCUT2D eigenvalue weighted by Crippen LogP contribution is -2.59. The van der Waals surface area contributed by atoms with E-state index in [0.717, 1.165) is 39.3 Å². The predicted molar refractivity (Wildman–Crippen MR) is 70.8 cm³/mol. The fraction of sp³-hybridized carbons (Fsp3) is 0.909. The van der Waals surface area contributed by atoms with Crippen molar-refractivity contribution in [3.8, 4) is 0 Å². The molecule has 16 heavy (non-hydrogen) atoms. The minimum Gasteiger partial charge on any atom is -0.392 e. The summed E-state index contributed by atoms with van der Waals surface area (Å²) in [4.78, 5) is 5.35. The van der Waals surface area contributed by atoms with E-state index in [0.29, 0.717) is 4.99 Å². The van der Waals surface area contributed by atoms with Crippen molar-refractivity contribution in [3.05, 3.63) is 0 Å². The average molecular weight is 245 g/mol. The summed E-state index contributed by atoms with van der Waals surface area (Å²) in [6.45, 7) is 10.2. The van der Waals surface area contributed by atoms with Gasteiger partial charge in [-0.3, -0.25) is 9.80 Å². The van der Waals surface area contributed by atoms with Crippen LogP contribution in [0.5, 0.6) is 0 Å². The van der Waals surface area contributed by atoms with Gasteiger partial charge in [-0.25, -0.2) is 0 Å². The summed E-state index contributed by atoms with van der Waals surface area (Å²) in [7, 11) is 1.74. The number of thiocarbonyl (C=S) groups is 1. The molecule has 1 aliphatic heterocycles. The lowest BCUT2D eigenvalue weighted by Gasteiger charge is -2.43. The standard InChI is InChI=1S/C11H23N3OS/c1-11(2,10(12)16)14-6-4-13(5-7-14)8-9-15-3/h4-9H2,1-3H3,(H2,12,16). The first kappa shape index (κ1) is 13.8. The molecule has 0 aromatic rings. The summed E-state index contributed by atoms with van der Waals surface area (Å²) in [5, 5.41) is 0. The van der Waals surface area contributed by atoms with Crippen LogP contribution < -0.4 is 5.73 Å². The fourth-order valence-electron chi connectivity index (χ4n) is 1.91. The highest BCUT2D eigenvalue weighted by Gasteiger charge is 2.31. The van der Waals surface area contributed by atoms with Gasteiger partial charge in [-0.1, -0.05) is 12.2 Å². The van der Waals surface area contributed by atoms with Crippen LogP contribution in [0.4, 0.5) is 0 Å². The largest absolute Gasteiger partial charge is 0.392 e. The summed E-state index contributed by atoms with van der Waals surface area (Å²) in [5.41, 5.74) is 5.61. The molecular weight excluding hydrogens is 222 g/mol. The number of ether oxygens (including phenoxy) is 1. The highest BCUT2D eigenvalue weighted by Crippen LogP contribution is 2.17. The Kier molecular flexibility index (Phi) is 5.11. The SMILES string of the molecule is COCCN1CCN(C(C)(C)C(N)=S)CC1. The predicted octanol–water partition coefficient (Wildman–Crippen LogP) is 0.315. The van der Waals surface area contributed by atoms with Crippen LogP contribution in [0.1, 0.15) is 13.8 Å². The Morgan fingerprint density at radius 1 is 1.31 bits per heavy atom. The second-order valence-electron chi connectivity index (χ2n) is 4.74. The number of methoxy groups -OCH3 is 1. The van der Waals surface area contributed by atoms with Gasteiger partial charge in [0.2, 0.25) is 0 Å². The van der Waals surface area contributed by atoms with Crippen LogP contribution >= 0.6 is 12.2 Å². The highest BCUT2D eigenvalue weighted by atomic mass is 32.1. The molecule has 1 heterocycles. The first-order valence-corrected chi connectivity index (χ1v) is 6.15. The van der Waals surface area contributed by atoms with Gasteiger partial charge in [0, 0.05) is 39.8 Å². The zero-order valence-corrected chi connectivity index (χ0v) is 11.3. The third kappa shape index (κ3) is 3.38. The lowest BCUT2D eigenvalue weighted by molar-refractivity contribution is 0.0675. The Balaban J connectivity index is 2.40. The number of nitrogens with zero attached hydrogens (tertiary/aromatic N) is 2. The van der Waals surface area contributed by atoms with Gasteiger partial charge in [0.15, 0.2) is 0 Å². The van der Waals surface area contributed by atoms with Crippen molar-refractivity contribution in [2.45, 2.75) is 19.4 Å². The molecule has 5 heteroatoms. The van der Waals surface area contributed by atoms with Crippen LogP contribution in [-0.2, 0) is 4.74 Å². The third-order valence-corrected chi connectivity index (χ3v) is 3.88. The zero-order valence-electron chi connectivity index (χ0n) is 10.5. The molecular formula is C11H23N3OS. The molecule has 94 valence electrons. The number of nitrogens with two attached hydrogens (primary N) is 1. The van der Waals surface area contributed by atoms with Gasteiger partial charge >= 0.3 is 0 Å². The van der Waals surface area contributed by atoms with Crippen LogP contribution in [0, 0.1) is 0 Å². The summed E-state index contributed by atoms with van der Waals surface area (Å²) < 4.78 is 5.08. The molecule has 0 aromatic heterocycles. The monoisotopic (exact) mass is 245 g/mol. The molecule has 0 unspecified atom stereocenters. The van der Waals surface area contributed by atoms with Crippen molar-refractivity contribution in [3.63, 3.8) is 0 Å². The minimum atomic E-state index is -0.164. The molecule has 0 amide bonds. The number of hydrogen-bond donors (Lipinski definition) is 1. The number of rotatable bonds is 5. The van der Waals surface area contributed by atoms with E-state index in [-0.39, 0.29) is 5.54 Å². The maximum atomic E-state index is 5.77. The van der Waals surface area contributed by atoms with E-state index in [1.54, 1.807) is 7.11 Å². The Labute approximate surface area is 104 Å². The Hall–Kier alpha value is -0.230. The molecule has 0 bridgehead atoms. The van der Waals surface area contributed by atoms with Crippen molar-refractivity contribution < 1.29 is 4.74 Å². The first-order valence-electron chi connectivity index (χ1n) is 5.74. The van der Waals surface area contributed by atoms with E-state index in [1.165, 1.54) is 0 Å². The average Bonchev–Trinajstić information content (AvgIpc) is 2.26. The first-order chi connectivity index (χ1) is 7.48. The summed E-state index contributed by atoms with van der Waals surface area (Å²) in [5.74, 6) is 0. The maximum absolute atomic E-state index is 5.77. The van der Waals surface area contributed by atoms with Crippen LogP contribution in [0.3, 0.4) is 0 Å². The summed E-state index contributed by atoms with van der Waals surface area (Å²) in [6.07, 6.45) is 0. The van der Waals surface area contributed by atoms with E-state index >= 15 is 0 Å². The number of piperazine rings is 1. The third-order valence-electron chi connectivity index (χ3n) is 3.38. The van der Waals surface area contributed by atoms with Crippen molar-refractivity contribution in [2.75, 3.05) is 46.4 Å². The Bertz CT molecular complexity index is 237. The van der Waals surface area contributed by atoms with Gasteiger partial charge in [-0.05, 0) is 13.8 Å². The molecule has 0 saturated carbocycles. The fourth-order valence-corrected chi connectivity index (χ4v) is 2.04. The molecule has 0 atom stereocenters. The second-order valence-corrected chi connectivity index (χ2v) is 5.18. The van der Waals surface area contributed by atoms with Crippen molar-refractivity contribution >= 4 is 17.2 Å². The zero-order chi connectivity index (χ0) is 12.2. The number of hydrogen-bond acceptors (Lipinski definition) is 4. The van der Waals surface area contributed by atoms with Gasteiger partial charge in [-0.15, -0.1) is 0 Å². The molecule has 4 nitrogen and oxygen atoms in total. The van der Waals surface area contributed by atoms with Crippen LogP contribution in [0.2, 0.25) is 0 Å². The lowest BCUT2D eigenvalue weighted by atomic mass is 10.0. The normalized spacial score (nSPS) is 19.9. The van der Waals surface area contributed by atoms with Crippen LogP contribution in [-0.4, -0.2) is 66.8 Å². The topological polar surface area (TPSA) is 41.7 Å². The van der Waals surface area contributed by atoms with Gasteiger partial charge in [0.1, 0.15) is 0 Å². The van der Waals surface area contributed by atoms with Gasteiger partial charge < -0.3 is 10.5 Å². The maximum Gasteiger partial charge on any atom is 0.0928 e. The smallest absolute Gasteiger partial charge is 0.0928 e. The molecule has 0 aliphatic carbocycles. The van der Waals surface area contributed by atoms with Gasteiger partial charge in [0.05, 0.1) is 17.1 Å². The minimum absolute atomic E-state index is 0.164. The molecule has 1 aliphatic rings. The van der Waals surface area contributed by atoms with Crippen LogP contribution in [0.15, 0.2) is 0 Å². The van der Waals surface area contributed by atoms with Crippen LogP contribution in [0.25, 0.3) is 0 Å². The van der Waals surface area contributed by atoms with E-state index in [9.17, 15) is 0 Å². The molecule has 0 radical (unpaired) electrons. The van der Waals surface area contributed by atoms with E-state index < -0.39 is 0 Å². The molecule has 1 saturated heterocycles. The summed E-state index contributed by atoms with van der Waals surface area (Å²) in [6, 6.07) is 0. The van der Waals surface area contributed by atoms with Crippen molar-refractivity contribution in [2.24, 2.45) is 5.73 Å². The molecule has 1 rings (SSSR count). The highest BCUT2D eigenvalue weighted by molar-refractivity contribution is 7.80. The summed E-state index contributed by atoms with van der Waals surface area (Å²) >= 11 is 5.11. The Morgan fingerprint density at radius 3 is 2.31 bits per heavy atom. The van der Waals surface area contributed by atoms with Gasteiger partial charge in [-0.2, -0.15) is 0 Å². The van der Waals surface area contributed by atoms with Crippen molar-refractivity contribution in [1.82, 2.24) is 9.80 Å². The molecule has 2 N–H and O–H groups in total. The van der Waals surface area contributed by atoms with E-state index in [2.05, 4.69) is 23.6 Å². The molecule has 0 aromatic carbocycles. The quantitative estimate of drug-likeness (QED) is 0.706. The Morgan fingerprint density at radius 2 is 1.88 bits per heavy atom. The van der Waals surface area contributed by atoms with Gasteiger partial charge in [0.25, 0.3) is 0 Å². The second kappa shape index (κ2) is 5.91. The molecule has 0 spiro atoms. The van der Waals surface area contributed by atoms with Crippen molar-refractivity contribution in [1.29, 1.82) is 0 Å².